The highest BCUT2D eigenvalue weighted by Crippen LogP contribution is 2.48. The molecule has 0 aliphatic heterocycles. The number of esters is 1. The smallest absolute Gasteiger partial charge is 0.344 e. The van der Waals surface area contributed by atoms with Gasteiger partial charge in [0.05, 0.1) is 6.10 Å². The zero-order chi connectivity index (χ0) is 23.1. The maximum atomic E-state index is 12.2. The van der Waals surface area contributed by atoms with E-state index in [1.54, 1.807) is 0 Å². The molecule has 1 aromatic carbocycles. The van der Waals surface area contributed by atoms with Crippen LogP contribution in [0.5, 0.6) is 5.75 Å². The van der Waals surface area contributed by atoms with Gasteiger partial charge in [-0.3, -0.25) is 0 Å². The second kappa shape index (κ2) is 12.1. The number of hydrogen-bond donors (Lipinski definition) is 1. The third-order valence-corrected chi connectivity index (χ3v) is 7.84. The number of unbranched alkanes of at least 4 members (excludes halogenated alkanes) is 5. The number of aliphatic hydroxyl groups excluding tert-OH is 1. The number of hydrogen-bond acceptors (Lipinski definition) is 4. The lowest BCUT2D eigenvalue weighted by Crippen LogP contribution is -2.28. The van der Waals surface area contributed by atoms with E-state index in [-0.39, 0.29) is 24.8 Å². The van der Waals surface area contributed by atoms with Gasteiger partial charge in [-0.05, 0) is 73.5 Å². The molecule has 2 aliphatic rings. The minimum atomic E-state index is -0.312. The molecule has 1 fully saturated rings. The van der Waals surface area contributed by atoms with Gasteiger partial charge in [-0.25, -0.2) is 4.79 Å². The van der Waals surface area contributed by atoms with Crippen LogP contribution in [0.15, 0.2) is 18.2 Å². The first-order chi connectivity index (χ1) is 15.4. The van der Waals surface area contributed by atoms with Crippen LogP contribution in [0.1, 0.15) is 90.2 Å². The van der Waals surface area contributed by atoms with Gasteiger partial charge in [0.1, 0.15) is 11.9 Å². The fraction of sp³-hybridized carbons (Fsp3) is 0.750. The van der Waals surface area contributed by atoms with Crippen molar-refractivity contribution in [3.05, 3.63) is 29.3 Å². The second-order valence-electron chi connectivity index (χ2n) is 10.5. The summed E-state index contributed by atoms with van der Waals surface area (Å²) in [5.74, 6) is 2.30. The Kier molecular flexibility index (Phi) is 9.46. The molecule has 180 valence electrons. The monoisotopic (exact) mass is 444 g/mol. The Hall–Kier alpha value is -1.55. The van der Waals surface area contributed by atoms with Crippen molar-refractivity contribution in [2.24, 2.45) is 23.7 Å². The standard InChI is InChI=1S/C28H44O4/c1-5-6-7-8-9-10-13-23-24-15-21-12-11-14-27(25(21)16-22(24)17-26(23)29)31-18-28(30)32-20(4)19(2)3/h11-12,14,19-20,22-24,26,29H,5-10,13,15-18H2,1-4H3/t20-,22+,23-,24+,26-/m1/s1. The van der Waals surface area contributed by atoms with E-state index in [2.05, 4.69) is 13.0 Å². The van der Waals surface area contributed by atoms with E-state index in [1.165, 1.54) is 49.7 Å². The van der Waals surface area contributed by atoms with Crippen molar-refractivity contribution in [1.82, 2.24) is 0 Å². The van der Waals surface area contributed by atoms with Gasteiger partial charge in [0.2, 0.25) is 0 Å². The van der Waals surface area contributed by atoms with Crippen LogP contribution in [0.3, 0.4) is 0 Å². The van der Waals surface area contributed by atoms with Gasteiger partial charge < -0.3 is 14.6 Å². The van der Waals surface area contributed by atoms with Gasteiger partial charge in [0.25, 0.3) is 0 Å². The van der Waals surface area contributed by atoms with Crippen molar-refractivity contribution >= 4 is 5.97 Å². The molecule has 3 rings (SSSR count). The summed E-state index contributed by atoms with van der Waals surface area (Å²) < 4.78 is 11.4. The zero-order valence-electron chi connectivity index (χ0n) is 20.6. The van der Waals surface area contributed by atoms with Crippen LogP contribution in [0.25, 0.3) is 0 Å². The Balaban J connectivity index is 1.56. The number of benzene rings is 1. The minimum Gasteiger partial charge on any atom is -0.482 e. The van der Waals surface area contributed by atoms with Crippen LogP contribution in [-0.4, -0.2) is 29.9 Å². The highest BCUT2D eigenvalue weighted by molar-refractivity contribution is 5.71. The summed E-state index contributed by atoms with van der Waals surface area (Å²) >= 11 is 0. The molecule has 32 heavy (non-hydrogen) atoms. The average molecular weight is 445 g/mol. The normalized spacial score (nSPS) is 25.3. The first-order valence-corrected chi connectivity index (χ1v) is 13.0. The third-order valence-electron chi connectivity index (χ3n) is 7.84. The van der Waals surface area contributed by atoms with Crippen LogP contribution < -0.4 is 4.74 Å². The lowest BCUT2D eigenvalue weighted by molar-refractivity contribution is -0.152. The summed E-state index contributed by atoms with van der Waals surface area (Å²) in [5, 5.41) is 10.8. The molecule has 0 radical (unpaired) electrons. The predicted octanol–water partition coefficient (Wildman–Crippen LogP) is 6.12. The van der Waals surface area contributed by atoms with E-state index in [9.17, 15) is 9.90 Å². The number of aliphatic hydroxyl groups is 1. The molecule has 5 atom stereocenters. The summed E-state index contributed by atoms with van der Waals surface area (Å²) in [5.41, 5.74) is 2.56. The van der Waals surface area contributed by atoms with Gasteiger partial charge in [-0.15, -0.1) is 0 Å². The van der Waals surface area contributed by atoms with Crippen LogP contribution >= 0.6 is 0 Å². The lowest BCUT2D eigenvalue weighted by atomic mass is 9.73. The largest absolute Gasteiger partial charge is 0.482 e. The second-order valence-corrected chi connectivity index (χ2v) is 10.5. The fourth-order valence-corrected chi connectivity index (χ4v) is 5.61. The van der Waals surface area contributed by atoms with Gasteiger partial charge in [0.15, 0.2) is 6.61 Å². The molecule has 1 saturated carbocycles. The van der Waals surface area contributed by atoms with Crippen LogP contribution in [0, 0.1) is 23.7 Å². The SMILES string of the molecule is CCCCCCCC[C@@H]1[C@H]2Cc3cccc(OCC(=O)O[C@H](C)C(C)C)c3C[C@H]2C[C@H]1O. The number of fused-ring (bicyclic) bond motifs is 2. The average Bonchev–Trinajstić information content (AvgIpc) is 3.07. The minimum absolute atomic E-state index is 0.0507. The maximum Gasteiger partial charge on any atom is 0.344 e. The number of carbonyl (C=O) groups excluding carboxylic acids is 1. The lowest BCUT2D eigenvalue weighted by Gasteiger charge is -2.32. The Labute approximate surface area is 195 Å². The predicted molar refractivity (Wildman–Crippen MR) is 129 cm³/mol. The van der Waals surface area contributed by atoms with E-state index in [4.69, 9.17) is 9.47 Å². The molecular weight excluding hydrogens is 400 g/mol. The van der Waals surface area contributed by atoms with Crippen molar-refractivity contribution in [3.63, 3.8) is 0 Å². The highest BCUT2D eigenvalue weighted by atomic mass is 16.6. The maximum absolute atomic E-state index is 12.2. The number of rotatable bonds is 12. The number of carbonyl (C=O) groups is 1. The van der Waals surface area contributed by atoms with E-state index < -0.39 is 0 Å². The Bertz CT molecular complexity index is 728. The van der Waals surface area contributed by atoms with Crippen molar-refractivity contribution in [2.75, 3.05) is 6.61 Å². The molecule has 0 aromatic heterocycles. The molecule has 4 heteroatoms. The van der Waals surface area contributed by atoms with E-state index in [1.807, 2.05) is 32.9 Å². The van der Waals surface area contributed by atoms with Crippen LogP contribution in [0.4, 0.5) is 0 Å². The van der Waals surface area contributed by atoms with E-state index in [0.29, 0.717) is 23.7 Å². The summed E-state index contributed by atoms with van der Waals surface area (Å²) in [7, 11) is 0. The molecule has 1 N–H and O–H groups in total. The zero-order valence-corrected chi connectivity index (χ0v) is 20.6. The Morgan fingerprint density at radius 3 is 2.59 bits per heavy atom. The van der Waals surface area contributed by atoms with Gasteiger partial charge >= 0.3 is 5.97 Å². The molecule has 0 spiro atoms. The third kappa shape index (κ3) is 6.50. The highest BCUT2D eigenvalue weighted by Gasteiger charge is 2.44. The molecule has 4 nitrogen and oxygen atoms in total. The van der Waals surface area contributed by atoms with Gasteiger partial charge in [0, 0.05) is 0 Å². The van der Waals surface area contributed by atoms with Gasteiger partial charge in [-0.1, -0.05) is 71.4 Å². The molecule has 0 saturated heterocycles. The van der Waals surface area contributed by atoms with E-state index >= 15 is 0 Å². The van der Waals surface area contributed by atoms with Crippen LogP contribution in [0.2, 0.25) is 0 Å². The molecular formula is C28H44O4. The van der Waals surface area contributed by atoms with Crippen molar-refractivity contribution in [1.29, 1.82) is 0 Å². The molecule has 0 unspecified atom stereocenters. The van der Waals surface area contributed by atoms with Crippen LogP contribution in [-0.2, 0) is 22.4 Å². The van der Waals surface area contributed by atoms with Crippen molar-refractivity contribution in [3.8, 4) is 5.75 Å². The summed E-state index contributed by atoms with van der Waals surface area (Å²) in [6, 6.07) is 6.20. The quantitative estimate of drug-likeness (QED) is 0.312. The molecule has 0 heterocycles. The topological polar surface area (TPSA) is 55.8 Å². The van der Waals surface area contributed by atoms with Crippen molar-refractivity contribution in [2.45, 2.75) is 104 Å². The van der Waals surface area contributed by atoms with Crippen molar-refractivity contribution < 1.29 is 19.4 Å². The van der Waals surface area contributed by atoms with E-state index in [0.717, 1.165) is 31.4 Å². The fourth-order valence-electron chi connectivity index (χ4n) is 5.61. The first-order valence-electron chi connectivity index (χ1n) is 13.0. The summed E-state index contributed by atoms with van der Waals surface area (Å²) in [6.45, 7) is 8.20. The summed E-state index contributed by atoms with van der Waals surface area (Å²) in [6.07, 6.45) is 11.5. The molecule has 1 aromatic rings. The summed E-state index contributed by atoms with van der Waals surface area (Å²) in [4.78, 5) is 12.2. The first kappa shape index (κ1) is 25.1. The number of ether oxygens (including phenoxy) is 2. The Morgan fingerprint density at radius 2 is 1.84 bits per heavy atom. The molecule has 0 bridgehead atoms. The molecule has 0 amide bonds. The molecule has 2 aliphatic carbocycles. The van der Waals surface area contributed by atoms with Gasteiger partial charge in [-0.2, -0.15) is 0 Å². The Morgan fingerprint density at radius 1 is 1.09 bits per heavy atom.